The van der Waals surface area contributed by atoms with Crippen molar-refractivity contribution in [2.24, 2.45) is 0 Å². The molecule has 1 aliphatic rings. The highest BCUT2D eigenvalue weighted by molar-refractivity contribution is 6.16. The number of benzene rings is 10. The highest BCUT2D eigenvalue weighted by Crippen LogP contribution is 2.57. The summed E-state index contributed by atoms with van der Waals surface area (Å²) in [6.45, 7) is 0. The van der Waals surface area contributed by atoms with Crippen LogP contribution in [0, 0.1) is 0 Å². The first-order valence-electron chi connectivity index (χ1n) is 21.8. The van der Waals surface area contributed by atoms with Crippen LogP contribution in [-0.4, -0.2) is 4.98 Å². The molecule has 0 amide bonds. The zero-order valence-corrected chi connectivity index (χ0v) is 34.7. The summed E-state index contributed by atoms with van der Waals surface area (Å²) < 4.78 is 13.6. The lowest BCUT2D eigenvalue weighted by molar-refractivity contribution is 0.620. The van der Waals surface area contributed by atoms with Crippen molar-refractivity contribution >= 4 is 60.9 Å². The Hall–Kier alpha value is -8.47. The zero-order valence-electron chi connectivity index (χ0n) is 34.7. The van der Waals surface area contributed by atoms with Crippen LogP contribution >= 0.6 is 0 Å². The Morgan fingerprint density at radius 2 is 1.03 bits per heavy atom. The largest absolute Gasteiger partial charge is 0.455 e. The van der Waals surface area contributed by atoms with Crippen molar-refractivity contribution in [3.63, 3.8) is 0 Å². The summed E-state index contributed by atoms with van der Waals surface area (Å²) in [5, 5.41) is 4.25. The summed E-state index contributed by atoms with van der Waals surface area (Å²) in [6.07, 6.45) is 0. The molecule has 0 fully saturated rings. The lowest BCUT2D eigenvalue weighted by atomic mass is 9.68. The SMILES string of the molecule is c1ccc(-c2ccc(N(c3ccc4c(c3)-c3ccccc3C4(c3ccccc3)c3ccccc3)c3cc4oc5c6ccccc6ccc5c4cc3-c3nc4ccccc4o3)cc2)cc1. The van der Waals surface area contributed by atoms with Crippen molar-refractivity contribution in [1.82, 2.24) is 4.98 Å². The molecule has 0 atom stereocenters. The highest BCUT2D eigenvalue weighted by atomic mass is 16.3. The second-order valence-electron chi connectivity index (χ2n) is 16.6. The van der Waals surface area contributed by atoms with Crippen LogP contribution in [0.25, 0.3) is 77.5 Å². The van der Waals surface area contributed by atoms with Gasteiger partial charge in [-0.1, -0.05) is 176 Å². The number of hydrogen-bond donors (Lipinski definition) is 0. The fourth-order valence-corrected chi connectivity index (χ4v) is 10.3. The summed E-state index contributed by atoms with van der Waals surface area (Å²) in [5.41, 5.74) is 16.1. The third-order valence-corrected chi connectivity index (χ3v) is 13.2. The Morgan fingerprint density at radius 3 is 1.81 bits per heavy atom. The molecule has 2 heterocycles. The monoisotopic (exact) mass is 818 g/mol. The van der Waals surface area contributed by atoms with Gasteiger partial charge in [0.05, 0.1) is 16.7 Å². The zero-order chi connectivity index (χ0) is 42.2. The Balaban J connectivity index is 1.10. The van der Waals surface area contributed by atoms with Gasteiger partial charge in [0.25, 0.3) is 0 Å². The van der Waals surface area contributed by atoms with E-state index in [0.29, 0.717) is 5.89 Å². The molecule has 10 aromatic carbocycles. The lowest BCUT2D eigenvalue weighted by Gasteiger charge is -2.34. The number of para-hydroxylation sites is 2. The summed E-state index contributed by atoms with van der Waals surface area (Å²) in [4.78, 5) is 7.48. The number of furan rings is 1. The van der Waals surface area contributed by atoms with E-state index in [-0.39, 0.29) is 0 Å². The van der Waals surface area contributed by atoms with Crippen molar-refractivity contribution in [3.8, 4) is 33.7 Å². The van der Waals surface area contributed by atoms with Crippen molar-refractivity contribution < 1.29 is 8.83 Å². The molecule has 0 aliphatic heterocycles. The number of nitrogens with zero attached hydrogens (tertiary/aromatic N) is 2. The molecule has 13 rings (SSSR count). The quantitative estimate of drug-likeness (QED) is 0.161. The van der Waals surface area contributed by atoms with Crippen LogP contribution in [0.3, 0.4) is 0 Å². The summed E-state index contributed by atoms with van der Waals surface area (Å²) in [7, 11) is 0. The average molecular weight is 819 g/mol. The molecule has 2 aromatic heterocycles. The van der Waals surface area contributed by atoms with Gasteiger partial charge in [-0.15, -0.1) is 0 Å². The van der Waals surface area contributed by atoms with Crippen LogP contribution in [0.1, 0.15) is 22.3 Å². The number of aromatic nitrogens is 1. The standard InChI is InChI=1S/C60H38N2O2/c1-4-16-39(17-5-1)40-28-31-44(32-29-40)62(45-33-35-53-49(36-45)47-24-12-13-25-52(47)60(53,42-19-6-2-7-20-42)43-21-8-3-9-22-43)55-38-57-50(37-51(55)59-61-54-26-14-15-27-56(54)64-59)48-34-30-41-18-10-11-23-46(41)58(48)63-57/h1-38H. The van der Waals surface area contributed by atoms with E-state index in [1.165, 1.54) is 33.4 Å². The predicted molar refractivity (Wildman–Crippen MR) is 262 cm³/mol. The van der Waals surface area contributed by atoms with Gasteiger partial charge >= 0.3 is 0 Å². The van der Waals surface area contributed by atoms with E-state index in [2.05, 4.69) is 211 Å². The molecular weight excluding hydrogens is 781 g/mol. The van der Waals surface area contributed by atoms with Gasteiger partial charge in [-0.25, -0.2) is 4.98 Å². The summed E-state index contributed by atoms with van der Waals surface area (Å²) in [6, 6.07) is 82.3. The maximum absolute atomic E-state index is 6.92. The molecule has 300 valence electrons. The molecule has 0 spiro atoms. The van der Waals surface area contributed by atoms with E-state index in [1.807, 2.05) is 24.3 Å². The second kappa shape index (κ2) is 14.3. The molecule has 0 unspecified atom stereocenters. The Morgan fingerprint density at radius 1 is 0.391 bits per heavy atom. The number of anilines is 3. The molecule has 4 nitrogen and oxygen atoms in total. The van der Waals surface area contributed by atoms with Crippen molar-refractivity contribution in [2.75, 3.05) is 4.90 Å². The number of fused-ring (bicyclic) bond motifs is 9. The third-order valence-electron chi connectivity index (χ3n) is 13.2. The summed E-state index contributed by atoms with van der Waals surface area (Å²) >= 11 is 0. The Labute approximate surface area is 369 Å². The topological polar surface area (TPSA) is 42.4 Å². The fourth-order valence-electron chi connectivity index (χ4n) is 10.3. The molecule has 0 bridgehead atoms. The maximum atomic E-state index is 6.92. The van der Waals surface area contributed by atoms with Crippen LogP contribution in [0.15, 0.2) is 239 Å². The van der Waals surface area contributed by atoms with E-state index < -0.39 is 5.41 Å². The van der Waals surface area contributed by atoms with Crippen molar-refractivity contribution in [2.45, 2.75) is 5.41 Å². The fraction of sp³-hybridized carbons (Fsp3) is 0.0167. The highest BCUT2D eigenvalue weighted by Gasteiger charge is 2.46. The van der Waals surface area contributed by atoms with E-state index in [1.54, 1.807) is 0 Å². The molecule has 0 N–H and O–H groups in total. The number of hydrogen-bond acceptors (Lipinski definition) is 4. The van der Waals surface area contributed by atoms with E-state index in [0.717, 1.165) is 77.6 Å². The molecule has 0 saturated carbocycles. The van der Waals surface area contributed by atoms with E-state index in [9.17, 15) is 0 Å². The van der Waals surface area contributed by atoms with Crippen LogP contribution in [0.5, 0.6) is 0 Å². The average Bonchev–Trinajstić information content (AvgIpc) is 4.06. The second-order valence-corrected chi connectivity index (χ2v) is 16.6. The minimum Gasteiger partial charge on any atom is -0.455 e. The lowest BCUT2D eigenvalue weighted by Crippen LogP contribution is -2.28. The molecular formula is C60H38N2O2. The number of oxazole rings is 1. The maximum Gasteiger partial charge on any atom is 0.229 e. The van der Waals surface area contributed by atoms with Gasteiger partial charge in [0.2, 0.25) is 5.89 Å². The summed E-state index contributed by atoms with van der Waals surface area (Å²) in [5.74, 6) is 0.540. The minimum atomic E-state index is -0.519. The number of rotatable bonds is 7. The minimum absolute atomic E-state index is 0.519. The van der Waals surface area contributed by atoms with Gasteiger partial charge < -0.3 is 13.7 Å². The van der Waals surface area contributed by atoms with Gasteiger partial charge in [0.1, 0.15) is 16.7 Å². The van der Waals surface area contributed by atoms with Crippen molar-refractivity contribution in [3.05, 3.63) is 253 Å². The first kappa shape index (κ1) is 36.2. The first-order valence-corrected chi connectivity index (χ1v) is 21.8. The Bertz CT molecular complexity index is 3650. The smallest absolute Gasteiger partial charge is 0.229 e. The van der Waals surface area contributed by atoms with Gasteiger partial charge in [0.15, 0.2) is 5.58 Å². The molecule has 4 heteroatoms. The van der Waals surface area contributed by atoms with Crippen LogP contribution in [0.4, 0.5) is 17.1 Å². The van der Waals surface area contributed by atoms with Gasteiger partial charge in [-0.3, -0.25) is 0 Å². The van der Waals surface area contributed by atoms with Crippen LogP contribution in [-0.2, 0) is 5.41 Å². The van der Waals surface area contributed by atoms with Gasteiger partial charge in [-0.05, 0) is 98.4 Å². The van der Waals surface area contributed by atoms with E-state index in [4.69, 9.17) is 13.8 Å². The van der Waals surface area contributed by atoms with Crippen molar-refractivity contribution in [1.29, 1.82) is 0 Å². The normalized spacial score (nSPS) is 12.8. The molecule has 0 saturated heterocycles. The Kier molecular flexibility index (Phi) is 8.09. The van der Waals surface area contributed by atoms with Crippen LogP contribution in [0.2, 0.25) is 0 Å². The van der Waals surface area contributed by atoms with Gasteiger partial charge in [-0.2, -0.15) is 0 Å². The van der Waals surface area contributed by atoms with E-state index >= 15 is 0 Å². The molecule has 64 heavy (non-hydrogen) atoms. The molecule has 12 aromatic rings. The molecule has 0 radical (unpaired) electrons. The third kappa shape index (κ3) is 5.46. The van der Waals surface area contributed by atoms with Crippen LogP contribution < -0.4 is 4.90 Å². The molecule has 1 aliphatic carbocycles. The van der Waals surface area contributed by atoms with Gasteiger partial charge in [0, 0.05) is 33.6 Å². The predicted octanol–water partition coefficient (Wildman–Crippen LogP) is 16.0. The first-order chi connectivity index (χ1) is 31.7.